The van der Waals surface area contributed by atoms with Gasteiger partial charge in [0.15, 0.2) is 0 Å². The van der Waals surface area contributed by atoms with E-state index in [2.05, 4.69) is 30.3 Å². The first-order valence-electron chi connectivity index (χ1n) is 7.24. The maximum absolute atomic E-state index is 12.5. The minimum atomic E-state index is 0.173. The maximum Gasteiger partial charge on any atom is 0.263 e. The van der Waals surface area contributed by atoms with E-state index in [4.69, 9.17) is 0 Å². The molecule has 1 aromatic carbocycles. The number of thiophene rings is 1. The molecule has 0 aliphatic heterocycles. The molecule has 0 unspecified atom stereocenters. The summed E-state index contributed by atoms with van der Waals surface area (Å²) in [6, 6.07) is 10.7. The minimum Gasteiger partial charge on any atom is -0.339 e. The number of aryl methyl sites for hydroxylation is 2. The third-order valence-electron chi connectivity index (χ3n) is 4.00. The van der Waals surface area contributed by atoms with Gasteiger partial charge in [-0.2, -0.15) is 0 Å². The lowest BCUT2D eigenvalue weighted by molar-refractivity contribution is 0.0778. The van der Waals surface area contributed by atoms with Crippen LogP contribution in [0.5, 0.6) is 0 Å². The molecule has 2 nitrogen and oxygen atoms in total. The first-order valence-corrected chi connectivity index (χ1v) is 8.06. The Bertz CT molecular complexity index is 640. The smallest absolute Gasteiger partial charge is 0.263 e. The van der Waals surface area contributed by atoms with Crippen molar-refractivity contribution in [1.82, 2.24) is 4.90 Å². The molecular formula is C17H19NOS. The van der Waals surface area contributed by atoms with Crippen LogP contribution in [0.15, 0.2) is 30.3 Å². The number of fused-ring (bicyclic) bond motifs is 3. The van der Waals surface area contributed by atoms with Crippen LogP contribution in [0.3, 0.4) is 0 Å². The summed E-state index contributed by atoms with van der Waals surface area (Å²) in [6.07, 6.45) is 2.13. The van der Waals surface area contributed by atoms with Crippen molar-refractivity contribution in [2.75, 3.05) is 13.1 Å². The molecule has 0 bridgehead atoms. The third-order valence-corrected chi connectivity index (χ3v) is 5.19. The molecule has 104 valence electrons. The summed E-state index contributed by atoms with van der Waals surface area (Å²) >= 11 is 1.65. The molecule has 0 spiro atoms. The predicted octanol–water partition coefficient (Wildman–Crippen LogP) is 4.00. The van der Waals surface area contributed by atoms with E-state index in [1.54, 1.807) is 11.3 Å². The Morgan fingerprint density at radius 3 is 2.60 bits per heavy atom. The number of hydrogen-bond donors (Lipinski definition) is 0. The molecule has 2 aromatic rings. The van der Waals surface area contributed by atoms with Gasteiger partial charge in [-0.3, -0.25) is 4.79 Å². The van der Waals surface area contributed by atoms with Crippen LogP contribution >= 0.6 is 11.3 Å². The van der Waals surface area contributed by atoms with E-state index in [9.17, 15) is 4.79 Å². The summed E-state index contributed by atoms with van der Waals surface area (Å²) in [4.78, 5) is 16.5. The highest BCUT2D eigenvalue weighted by atomic mass is 32.1. The van der Waals surface area contributed by atoms with Crippen molar-refractivity contribution in [2.24, 2.45) is 0 Å². The molecule has 0 saturated carbocycles. The van der Waals surface area contributed by atoms with Crippen LogP contribution in [-0.4, -0.2) is 23.9 Å². The lowest BCUT2D eigenvalue weighted by atomic mass is 9.91. The molecule has 0 N–H and O–H groups in total. The Kier molecular flexibility index (Phi) is 3.62. The van der Waals surface area contributed by atoms with Crippen LogP contribution in [0.25, 0.3) is 10.4 Å². The van der Waals surface area contributed by atoms with Gasteiger partial charge in [-0.1, -0.05) is 24.3 Å². The molecule has 1 aromatic heterocycles. The van der Waals surface area contributed by atoms with E-state index in [1.807, 2.05) is 18.7 Å². The van der Waals surface area contributed by atoms with Crippen LogP contribution in [0.1, 0.15) is 34.6 Å². The van der Waals surface area contributed by atoms with Crippen molar-refractivity contribution in [1.29, 1.82) is 0 Å². The fraction of sp³-hybridized carbons (Fsp3) is 0.353. The monoisotopic (exact) mass is 285 g/mol. The molecule has 1 heterocycles. The number of carbonyl (C=O) groups is 1. The fourth-order valence-corrected chi connectivity index (χ4v) is 4.08. The van der Waals surface area contributed by atoms with Gasteiger partial charge < -0.3 is 4.90 Å². The summed E-state index contributed by atoms with van der Waals surface area (Å²) in [5.74, 6) is 0.173. The van der Waals surface area contributed by atoms with Crippen molar-refractivity contribution in [2.45, 2.75) is 26.7 Å². The largest absolute Gasteiger partial charge is 0.339 e. The lowest BCUT2D eigenvalue weighted by Crippen LogP contribution is -2.29. The highest BCUT2D eigenvalue weighted by Crippen LogP contribution is 2.39. The topological polar surface area (TPSA) is 20.3 Å². The zero-order valence-corrected chi connectivity index (χ0v) is 12.8. The zero-order valence-electron chi connectivity index (χ0n) is 12.0. The summed E-state index contributed by atoms with van der Waals surface area (Å²) in [5.41, 5.74) is 4.06. The summed E-state index contributed by atoms with van der Waals surface area (Å²) < 4.78 is 0. The molecule has 1 aliphatic rings. The summed E-state index contributed by atoms with van der Waals surface area (Å²) in [6.45, 7) is 5.61. The Morgan fingerprint density at radius 2 is 1.85 bits per heavy atom. The average Bonchev–Trinajstić information content (AvgIpc) is 2.93. The van der Waals surface area contributed by atoms with Gasteiger partial charge in [0.25, 0.3) is 5.91 Å². The molecule has 1 amide bonds. The summed E-state index contributed by atoms with van der Waals surface area (Å²) in [7, 11) is 0. The number of carbonyl (C=O) groups excluding carboxylic acids is 1. The van der Waals surface area contributed by atoms with E-state index in [-0.39, 0.29) is 5.91 Å². The standard InChI is InChI=1S/C17H19NOS/c1-3-18(4-2)17(19)15-11-13-10-9-12-7-5-6-8-14(12)16(13)20-15/h5-8,11H,3-4,9-10H2,1-2H3. The molecule has 0 atom stereocenters. The third kappa shape index (κ3) is 2.16. The molecule has 0 radical (unpaired) electrons. The number of benzene rings is 1. The van der Waals surface area contributed by atoms with Gasteiger partial charge in [0.2, 0.25) is 0 Å². The van der Waals surface area contributed by atoms with Gasteiger partial charge in [0.1, 0.15) is 0 Å². The molecule has 3 rings (SSSR count). The minimum absolute atomic E-state index is 0.173. The highest BCUT2D eigenvalue weighted by Gasteiger charge is 2.22. The molecule has 3 heteroatoms. The Morgan fingerprint density at radius 1 is 1.15 bits per heavy atom. The van der Waals surface area contributed by atoms with E-state index in [1.165, 1.54) is 21.6 Å². The van der Waals surface area contributed by atoms with Gasteiger partial charge in [-0.25, -0.2) is 0 Å². The van der Waals surface area contributed by atoms with Crippen LogP contribution < -0.4 is 0 Å². The second-order valence-electron chi connectivity index (χ2n) is 5.10. The zero-order chi connectivity index (χ0) is 14.1. The number of hydrogen-bond acceptors (Lipinski definition) is 2. The molecule has 0 fully saturated rings. The highest BCUT2D eigenvalue weighted by molar-refractivity contribution is 7.17. The Hall–Kier alpha value is -1.61. The fourth-order valence-electron chi connectivity index (χ4n) is 2.84. The second kappa shape index (κ2) is 5.41. The SMILES string of the molecule is CCN(CC)C(=O)c1cc2c(s1)-c1ccccc1CC2. The number of rotatable bonds is 3. The lowest BCUT2D eigenvalue weighted by Gasteiger charge is -2.17. The Labute approximate surface area is 124 Å². The van der Waals surface area contributed by atoms with Crippen LogP contribution in [-0.2, 0) is 12.8 Å². The average molecular weight is 285 g/mol. The normalized spacial score (nSPS) is 12.7. The Balaban J connectivity index is 2.00. The molecule has 0 saturated heterocycles. The van der Waals surface area contributed by atoms with Gasteiger partial charge in [0.05, 0.1) is 4.88 Å². The molecule has 20 heavy (non-hydrogen) atoms. The maximum atomic E-state index is 12.5. The van der Waals surface area contributed by atoms with Gasteiger partial charge >= 0.3 is 0 Å². The van der Waals surface area contributed by atoms with Crippen molar-refractivity contribution in [3.63, 3.8) is 0 Å². The first kappa shape index (κ1) is 13.4. The van der Waals surface area contributed by atoms with Gasteiger partial charge in [0, 0.05) is 18.0 Å². The number of amides is 1. The van der Waals surface area contributed by atoms with E-state index >= 15 is 0 Å². The van der Waals surface area contributed by atoms with Gasteiger partial charge in [-0.05, 0) is 49.4 Å². The van der Waals surface area contributed by atoms with E-state index < -0.39 is 0 Å². The van der Waals surface area contributed by atoms with Crippen LogP contribution in [0, 0.1) is 0 Å². The van der Waals surface area contributed by atoms with Crippen LogP contribution in [0.2, 0.25) is 0 Å². The molecule has 1 aliphatic carbocycles. The quantitative estimate of drug-likeness (QED) is 0.835. The molecular weight excluding hydrogens is 266 g/mol. The van der Waals surface area contributed by atoms with E-state index in [0.717, 1.165) is 30.8 Å². The first-order chi connectivity index (χ1) is 9.74. The van der Waals surface area contributed by atoms with E-state index in [0.29, 0.717) is 0 Å². The predicted molar refractivity (Wildman–Crippen MR) is 84.4 cm³/mol. The summed E-state index contributed by atoms with van der Waals surface area (Å²) in [5, 5.41) is 0. The van der Waals surface area contributed by atoms with Crippen molar-refractivity contribution in [3.8, 4) is 10.4 Å². The van der Waals surface area contributed by atoms with Crippen molar-refractivity contribution >= 4 is 17.2 Å². The second-order valence-corrected chi connectivity index (χ2v) is 6.15. The van der Waals surface area contributed by atoms with Crippen LogP contribution in [0.4, 0.5) is 0 Å². The number of nitrogens with zero attached hydrogens (tertiary/aromatic N) is 1. The van der Waals surface area contributed by atoms with Gasteiger partial charge in [-0.15, -0.1) is 11.3 Å². The van der Waals surface area contributed by atoms with Crippen molar-refractivity contribution in [3.05, 3.63) is 46.3 Å². The van der Waals surface area contributed by atoms with Crippen molar-refractivity contribution < 1.29 is 4.79 Å².